The van der Waals surface area contributed by atoms with Crippen LogP contribution in [-0.2, 0) is 28.0 Å². The summed E-state index contributed by atoms with van der Waals surface area (Å²) >= 11 is 7.10. The summed E-state index contributed by atoms with van der Waals surface area (Å²) in [6.07, 6.45) is 2.89. The van der Waals surface area contributed by atoms with E-state index in [1.54, 1.807) is 18.4 Å². The molecule has 1 aliphatic carbocycles. The van der Waals surface area contributed by atoms with Gasteiger partial charge in [0.05, 0.1) is 26.1 Å². The number of aromatic nitrogens is 4. The minimum Gasteiger partial charge on any atom is -0.471 e. The number of amides is 1. The lowest BCUT2D eigenvalue weighted by molar-refractivity contribution is 0.148. The SMILES string of the molecule is [C-]#[N+]/C(=C\c1cc2c(s1)-c1ccc(N(C)CCOC(=O)NCc3ccc(COc4nc(N)nc5nc[nH]c45)cc3)cc1C2(C)C)C(=S)NCCOC. The fourth-order valence-electron chi connectivity index (χ4n) is 5.88. The van der Waals surface area contributed by atoms with Gasteiger partial charge in [-0.1, -0.05) is 56.4 Å². The molecule has 1 aliphatic rings. The number of alkyl carbamates (subject to hydrolysis) is 1. The van der Waals surface area contributed by atoms with E-state index in [2.05, 4.69) is 78.4 Å². The van der Waals surface area contributed by atoms with Gasteiger partial charge in [0.2, 0.25) is 17.5 Å². The van der Waals surface area contributed by atoms with E-state index in [1.807, 2.05) is 37.4 Å². The summed E-state index contributed by atoms with van der Waals surface area (Å²) in [5, 5.41) is 5.90. The minimum absolute atomic E-state index is 0.0888. The van der Waals surface area contributed by atoms with Crippen molar-refractivity contribution in [2.75, 3.05) is 51.1 Å². The number of hydrogen-bond acceptors (Lipinski definition) is 11. The van der Waals surface area contributed by atoms with E-state index >= 15 is 0 Å². The summed E-state index contributed by atoms with van der Waals surface area (Å²) in [4.78, 5) is 36.1. The fourth-order valence-corrected chi connectivity index (χ4v) is 7.38. The molecule has 13 nitrogen and oxygen atoms in total. The van der Waals surface area contributed by atoms with Gasteiger partial charge in [-0.3, -0.25) is 0 Å². The molecule has 2 aromatic carbocycles. The molecule has 0 aliphatic heterocycles. The Balaban J connectivity index is 0.979. The van der Waals surface area contributed by atoms with Gasteiger partial charge in [-0.25, -0.2) is 14.6 Å². The van der Waals surface area contributed by atoms with Crippen molar-refractivity contribution in [1.29, 1.82) is 0 Å². The smallest absolute Gasteiger partial charge is 0.407 e. The van der Waals surface area contributed by atoms with Gasteiger partial charge < -0.3 is 40.5 Å². The highest BCUT2D eigenvalue weighted by Gasteiger charge is 2.37. The van der Waals surface area contributed by atoms with Gasteiger partial charge in [-0.05, 0) is 52.1 Å². The molecule has 0 atom stereocenters. The van der Waals surface area contributed by atoms with Crippen molar-refractivity contribution in [3.8, 4) is 16.3 Å². The van der Waals surface area contributed by atoms with Crippen molar-refractivity contribution in [3.05, 3.63) is 99.1 Å². The number of nitrogens with one attached hydrogen (secondary N) is 3. The second-order valence-electron chi connectivity index (χ2n) is 12.6. The molecule has 6 rings (SSSR count). The Kier molecular flexibility index (Phi) is 11.0. The average Bonchev–Trinajstić information content (AvgIpc) is 3.84. The van der Waals surface area contributed by atoms with Crippen LogP contribution in [0.3, 0.4) is 0 Å². The van der Waals surface area contributed by atoms with Crippen LogP contribution in [0.25, 0.3) is 32.5 Å². The lowest BCUT2D eigenvalue weighted by atomic mass is 9.82. The van der Waals surface area contributed by atoms with E-state index in [1.165, 1.54) is 27.9 Å². The van der Waals surface area contributed by atoms with Gasteiger partial charge in [0.1, 0.15) is 23.7 Å². The van der Waals surface area contributed by atoms with Crippen molar-refractivity contribution in [2.45, 2.75) is 32.4 Å². The zero-order valence-electron chi connectivity index (χ0n) is 29.3. The number of imidazole rings is 1. The molecule has 0 saturated carbocycles. The number of thiocarbonyl (C=S) groups is 1. The number of nitrogens with two attached hydrogens (primary N) is 1. The van der Waals surface area contributed by atoms with Crippen LogP contribution >= 0.6 is 23.6 Å². The summed E-state index contributed by atoms with van der Waals surface area (Å²) in [7, 11) is 3.62. The molecule has 0 spiro atoms. The predicted octanol–water partition coefficient (Wildman–Crippen LogP) is 6.07. The third kappa shape index (κ3) is 7.99. The number of benzene rings is 2. The van der Waals surface area contributed by atoms with Crippen molar-refractivity contribution in [3.63, 3.8) is 0 Å². The summed E-state index contributed by atoms with van der Waals surface area (Å²) in [5.41, 5.74) is 13.5. The Labute approximate surface area is 311 Å². The van der Waals surface area contributed by atoms with E-state index in [9.17, 15) is 4.79 Å². The molecule has 3 aromatic heterocycles. The number of carbonyl (C=O) groups is 1. The summed E-state index contributed by atoms with van der Waals surface area (Å²) in [5.74, 6) is 0.423. The molecule has 0 radical (unpaired) electrons. The number of hydrogen-bond donors (Lipinski definition) is 4. The standard InChI is InChI=1S/C37H39N9O4S2/c1-37(2)27-16-24(10-11-26(27)31-28(37)17-25(52-31)18-29(39-3)34(51)40-12-14-48-5)46(4)13-15-49-36(47)41-19-22-6-8-23(9-7-22)20-50-33-30-32(43-21-42-30)44-35(38)45-33/h6-11,16-18,21H,12-15,19-20H2,1-2,4-5H3,(H,40,51)(H,41,47)(H3,38,42,43,44,45)/b29-18-. The highest BCUT2D eigenvalue weighted by Crippen LogP contribution is 2.53. The first-order valence-electron chi connectivity index (χ1n) is 16.5. The van der Waals surface area contributed by atoms with Gasteiger partial charge in [0.25, 0.3) is 0 Å². The van der Waals surface area contributed by atoms with Crippen LogP contribution in [0.4, 0.5) is 16.4 Å². The van der Waals surface area contributed by atoms with E-state index < -0.39 is 6.09 Å². The molecule has 0 bridgehead atoms. The summed E-state index contributed by atoms with van der Waals surface area (Å²) in [6, 6.07) is 16.3. The van der Waals surface area contributed by atoms with E-state index in [4.69, 9.17) is 38.7 Å². The highest BCUT2D eigenvalue weighted by atomic mass is 32.1. The zero-order chi connectivity index (χ0) is 36.8. The molecular weight excluding hydrogens is 699 g/mol. The molecular formula is C37H39N9O4S2. The number of nitrogens with zero attached hydrogens (tertiary/aromatic N) is 5. The molecule has 268 valence electrons. The quantitative estimate of drug-likeness (QED) is 0.0454. The average molecular weight is 738 g/mol. The maximum absolute atomic E-state index is 12.5. The molecule has 5 N–H and O–H groups in total. The molecule has 1 amide bonds. The van der Waals surface area contributed by atoms with Crippen molar-refractivity contribution >= 4 is 63.5 Å². The van der Waals surface area contributed by atoms with Crippen LogP contribution in [0.1, 0.15) is 41.0 Å². The maximum atomic E-state index is 12.5. The second-order valence-corrected chi connectivity index (χ2v) is 14.1. The number of aromatic amines is 1. The number of thiophene rings is 1. The fraction of sp³-hybridized carbons (Fsp3) is 0.297. The van der Waals surface area contributed by atoms with Crippen LogP contribution in [-0.4, -0.2) is 71.5 Å². The predicted molar refractivity (Wildman–Crippen MR) is 207 cm³/mol. The van der Waals surface area contributed by atoms with Crippen LogP contribution in [0.5, 0.6) is 5.88 Å². The maximum Gasteiger partial charge on any atom is 0.407 e. The third-order valence-electron chi connectivity index (χ3n) is 8.78. The van der Waals surface area contributed by atoms with Crippen LogP contribution in [0.2, 0.25) is 0 Å². The van der Waals surface area contributed by atoms with Crippen molar-refractivity contribution < 1.29 is 19.0 Å². The molecule has 3 heterocycles. The topological polar surface area (TPSA) is 157 Å². The first-order chi connectivity index (χ1) is 25.1. The Morgan fingerprint density at radius 2 is 1.90 bits per heavy atom. The molecule has 0 unspecified atom stereocenters. The molecule has 0 fully saturated rings. The van der Waals surface area contributed by atoms with E-state index in [0.29, 0.717) is 54.0 Å². The Morgan fingerprint density at radius 1 is 1.12 bits per heavy atom. The molecule has 15 heteroatoms. The van der Waals surface area contributed by atoms with Gasteiger partial charge in [0, 0.05) is 48.1 Å². The highest BCUT2D eigenvalue weighted by molar-refractivity contribution is 7.80. The van der Waals surface area contributed by atoms with E-state index in [0.717, 1.165) is 21.7 Å². The first-order valence-corrected chi connectivity index (χ1v) is 17.7. The van der Waals surface area contributed by atoms with Crippen LogP contribution in [0.15, 0.2) is 60.6 Å². The Hall–Kier alpha value is -5.56. The number of carbonyl (C=O) groups excluding carboxylic acids is 1. The zero-order valence-corrected chi connectivity index (χ0v) is 30.9. The number of rotatable bonds is 14. The first kappa shape index (κ1) is 36.2. The van der Waals surface area contributed by atoms with Gasteiger partial charge in [-0.2, -0.15) is 9.97 Å². The number of likely N-dealkylation sites (N-methyl/N-ethyl adjacent to an activating group) is 1. The molecule has 0 saturated heterocycles. The number of ether oxygens (including phenoxy) is 3. The van der Waals surface area contributed by atoms with Crippen molar-refractivity contribution in [2.24, 2.45) is 0 Å². The molecule has 52 heavy (non-hydrogen) atoms. The van der Waals surface area contributed by atoms with E-state index in [-0.39, 0.29) is 24.6 Å². The second kappa shape index (κ2) is 15.8. The normalized spacial score (nSPS) is 12.9. The minimum atomic E-state index is -0.483. The monoisotopic (exact) mass is 737 g/mol. The van der Waals surface area contributed by atoms with Gasteiger partial charge >= 0.3 is 6.09 Å². The lowest BCUT2D eigenvalue weighted by Crippen LogP contribution is -2.29. The number of H-pyrrole nitrogens is 1. The largest absolute Gasteiger partial charge is 0.471 e. The van der Waals surface area contributed by atoms with Crippen LogP contribution in [0, 0.1) is 6.57 Å². The van der Waals surface area contributed by atoms with Crippen LogP contribution < -0.4 is 26.0 Å². The summed E-state index contributed by atoms with van der Waals surface area (Å²) in [6.45, 7) is 14.5. The Bertz CT molecular complexity index is 2170. The number of anilines is 2. The summed E-state index contributed by atoms with van der Waals surface area (Å²) < 4.78 is 16.4. The van der Waals surface area contributed by atoms with Gasteiger partial charge in [0.15, 0.2) is 5.65 Å². The lowest BCUT2D eigenvalue weighted by Gasteiger charge is -2.24. The van der Waals surface area contributed by atoms with Gasteiger partial charge in [-0.15, -0.1) is 11.3 Å². The Morgan fingerprint density at radius 3 is 2.67 bits per heavy atom. The number of nitrogen functional groups attached to an aromatic ring is 1. The number of fused-ring (bicyclic) bond motifs is 4. The molecule has 5 aromatic rings. The number of methoxy groups -OCH3 is 1. The third-order valence-corrected chi connectivity index (χ3v) is 10.2. The van der Waals surface area contributed by atoms with Crippen molar-refractivity contribution in [1.82, 2.24) is 30.6 Å².